The molecule has 2 aromatic rings. The third-order valence-corrected chi connectivity index (χ3v) is 3.25. The van der Waals surface area contributed by atoms with E-state index in [2.05, 4.69) is 25.9 Å². The summed E-state index contributed by atoms with van der Waals surface area (Å²) >= 11 is 0. The Kier molecular flexibility index (Phi) is 3.02. The molecule has 92 valence electrons. The molecule has 0 fully saturated rings. The van der Waals surface area contributed by atoms with Crippen LogP contribution in [0, 0.1) is 6.92 Å². The van der Waals surface area contributed by atoms with Crippen molar-refractivity contribution < 1.29 is 0 Å². The van der Waals surface area contributed by atoms with E-state index in [1.807, 2.05) is 31.5 Å². The molecule has 0 N–H and O–H groups in total. The summed E-state index contributed by atoms with van der Waals surface area (Å²) in [6.07, 6.45) is 4.81. The van der Waals surface area contributed by atoms with E-state index in [1.165, 1.54) is 11.3 Å². The van der Waals surface area contributed by atoms with Crippen molar-refractivity contribution in [2.24, 2.45) is 0 Å². The van der Waals surface area contributed by atoms with Crippen molar-refractivity contribution in [2.45, 2.75) is 26.4 Å². The SMILES string of the molecule is Cc1ncc2c(n1)CCN(Cc1ccccn1)C2. The van der Waals surface area contributed by atoms with Gasteiger partial charge < -0.3 is 0 Å². The van der Waals surface area contributed by atoms with Crippen molar-refractivity contribution >= 4 is 0 Å². The minimum Gasteiger partial charge on any atom is -0.293 e. The lowest BCUT2D eigenvalue weighted by molar-refractivity contribution is 0.240. The maximum absolute atomic E-state index is 4.50. The Labute approximate surface area is 107 Å². The molecule has 3 heterocycles. The van der Waals surface area contributed by atoms with E-state index in [-0.39, 0.29) is 0 Å². The highest BCUT2D eigenvalue weighted by molar-refractivity contribution is 5.20. The largest absolute Gasteiger partial charge is 0.293 e. The van der Waals surface area contributed by atoms with Crippen LogP contribution in [0.2, 0.25) is 0 Å². The highest BCUT2D eigenvalue weighted by Gasteiger charge is 2.18. The van der Waals surface area contributed by atoms with Gasteiger partial charge in [-0.3, -0.25) is 9.88 Å². The first-order valence-electron chi connectivity index (χ1n) is 6.25. The first-order valence-corrected chi connectivity index (χ1v) is 6.25. The zero-order valence-electron chi connectivity index (χ0n) is 10.5. The van der Waals surface area contributed by atoms with Crippen molar-refractivity contribution in [1.82, 2.24) is 19.9 Å². The number of hydrogen-bond donors (Lipinski definition) is 0. The second kappa shape index (κ2) is 4.82. The molecule has 0 amide bonds. The Hall–Kier alpha value is -1.81. The van der Waals surface area contributed by atoms with Crippen LogP contribution in [0.25, 0.3) is 0 Å². The summed E-state index contributed by atoms with van der Waals surface area (Å²) in [5.74, 6) is 0.868. The summed E-state index contributed by atoms with van der Waals surface area (Å²) < 4.78 is 0. The zero-order chi connectivity index (χ0) is 12.4. The fourth-order valence-corrected chi connectivity index (χ4v) is 2.33. The highest BCUT2D eigenvalue weighted by Crippen LogP contribution is 2.17. The number of aryl methyl sites for hydroxylation is 1. The summed E-state index contributed by atoms with van der Waals surface area (Å²) in [7, 11) is 0. The lowest BCUT2D eigenvalue weighted by Gasteiger charge is -2.27. The van der Waals surface area contributed by atoms with Gasteiger partial charge in [0.25, 0.3) is 0 Å². The normalized spacial score (nSPS) is 15.4. The molecule has 0 bridgehead atoms. The number of rotatable bonds is 2. The van der Waals surface area contributed by atoms with E-state index in [4.69, 9.17) is 0 Å². The van der Waals surface area contributed by atoms with E-state index in [0.717, 1.165) is 37.6 Å². The van der Waals surface area contributed by atoms with Gasteiger partial charge in [0.05, 0.1) is 5.69 Å². The van der Waals surface area contributed by atoms with E-state index in [9.17, 15) is 0 Å². The maximum Gasteiger partial charge on any atom is 0.125 e. The maximum atomic E-state index is 4.50. The van der Waals surface area contributed by atoms with E-state index in [1.54, 1.807) is 0 Å². The van der Waals surface area contributed by atoms with Gasteiger partial charge >= 0.3 is 0 Å². The molecule has 0 atom stereocenters. The second-order valence-electron chi connectivity index (χ2n) is 4.67. The van der Waals surface area contributed by atoms with Crippen LogP contribution in [-0.4, -0.2) is 26.4 Å². The molecule has 0 spiro atoms. The predicted molar refractivity (Wildman–Crippen MR) is 68.8 cm³/mol. The van der Waals surface area contributed by atoms with Crippen molar-refractivity contribution in [1.29, 1.82) is 0 Å². The Morgan fingerprint density at radius 1 is 1.28 bits per heavy atom. The number of aromatic nitrogens is 3. The topological polar surface area (TPSA) is 41.9 Å². The number of pyridine rings is 1. The molecular formula is C14H16N4. The number of hydrogen-bond acceptors (Lipinski definition) is 4. The molecule has 3 rings (SSSR count). The predicted octanol–water partition coefficient (Wildman–Crippen LogP) is 1.74. The zero-order valence-corrected chi connectivity index (χ0v) is 10.5. The standard InChI is InChI=1S/C14H16N4/c1-11-16-8-12-9-18(7-5-14(12)17-11)10-13-4-2-3-6-15-13/h2-4,6,8H,5,7,9-10H2,1H3. The molecule has 0 aliphatic carbocycles. The molecule has 2 aromatic heterocycles. The summed E-state index contributed by atoms with van der Waals surface area (Å²) in [6.45, 7) is 4.81. The van der Waals surface area contributed by atoms with Crippen LogP contribution in [0.1, 0.15) is 22.8 Å². The summed E-state index contributed by atoms with van der Waals surface area (Å²) in [4.78, 5) is 15.5. The lowest BCUT2D eigenvalue weighted by Crippen LogP contribution is -2.31. The fraction of sp³-hybridized carbons (Fsp3) is 0.357. The van der Waals surface area contributed by atoms with Crippen molar-refractivity contribution in [3.63, 3.8) is 0 Å². The van der Waals surface area contributed by atoms with Gasteiger partial charge in [-0.15, -0.1) is 0 Å². The van der Waals surface area contributed by atoms with Crippen LogP contribution in [0.15, 0.2) is 30.6 Å². The minimum absolute atomic E-state index is 0.868. The van der Waals surface area contributed by atoms with Crippen molar-refractivity contribution in [2.75, 3.05) is 6.54 Å². The summed E-state index contributed by atoms with van der Waals surface area (Å²) in [6, 6.07) is 6.06. The van der Waals surface area contributed by atoms with Crippen LogP contribution in [0.3, 0.4) is 0 Å². The van der Waals surface area contributed by atoms with Gasteiger partial charge in [-0.1, -0.05) is 6.07 Å². The van der Waals surface area contributed by atoms with Crippen LogP contribution in [-0.2, 0) is 19.5 Å². The van der Waals surface area contributed by atoms with E-state index >= 15 is 0 Å². The molecule has 0 saturated heterocycles. The van der Waals surface area contributed by atoms with Crippen molar-refractivity contribution in [3.8, 4) is 0 Å². The average molecular weight is 240 g/mol. The lowest BCUT2D eigenvalue weighted by atomic mass is 10.1. The molecule has 0 radical (unpaired) electrons. The van der Waals surface area contributed by atoms with E-state index < -0.39 is 0 Å². The van der Waals surface area contributed by atoms with Gasteiger partial charge in [-0.05, 0) is 19.1 Å². The van der Waals surface area contributed by atoms with Crippen LogP contribution in [0.4, 0.5) is 0 Å². The van der Waals surface area contributed by atoms with Gasteiger partial charge in [0.1, 0.15) is 5.82 Å². The smallest absolute Gasteiger partial charge is 0.125 e. The Morgan fingerprint density at radius 2 is 2.22 bits per heavy atom. The second-order valence-corrected chi connectivity index (χ2v) is 4.67. The molecule has 1 aliphatic rings. The molecule has 0 aromatic carbocycles. The van der Waals surface area contributed by atoms with Crippen LogP contribution < -0.4 is 0 Å². The highest BCUT2D eigenvalue weighted by atomic mass is 15.1. The Balaban J connectivity index is 1.73. The van der Waals surface area contributed by atoms with Crippen molar-refractivity contribution in [3.05, 3.63) is 53.4 Å². The van der Waals surface area contributed by atoms with Crippen LogP contribution in [0.5, 0.6) is 0 Å². The molecule has 1 aliphatic heterocycles. The monoisotopic (exact) mass is 240 g/mol. The van der Waals surface area contributed by atoms with Gasteiger partial charge in [-0.25, -0.2) is 9.97 Å². The Bertz CT molecular complexity index is 539. The van der Waals surface area contributed by atoms with E-state index in [0.29, 0.717) is 0 Å². The van der Waals surface area contributed by atoms with Gasteiger partial charge in [0, 0.05) is 49.7 Å². The van der Waals surface area contributed by atoms with Gasteiger partial charge in [0.2, 0.25) is 0 Å². The van der Waals surface area contributed by atoms with Crippen LogP contribution >= 0.6 is 0 Å². The van der Waals surface area contributed by atoms with Gasteiger partial charge in [0.15, 0.2) is 0 Å². The number of fused-ring (bicyclic) bond motifs is 1. The summed E-state index contributed by atoms with van der Waals surface area (Å²) in [5.41, 5.74) is 3.58. The third kappa shape index (κ3) is 2.38. The fourth-order valence-electron chi connectivity index (χ4n) is 2.33. The molecule has 4 heteroatoms. The van der Waals surface area contributed by atoms with Gasteiger partial charge in [-0.2, -0.15) is 0 Å². The minimum atomic E-state index is 0.868. The summed E-state index contributed by atoms with van der Waals surface area (Å²) in [5, 5.41) is 0. The number of nitrogens with zero attached hydrogens (tertiary/aromatic N) is 4. The third-order valence-electron chi connectivity index (χ3n) is 3.25. The molecular weight excluding hydrogens is 224 g/mol. The quantitative estimate of drug-likeness (QED) is 0.802. The average Bonchev–Trinajstić information content (AvgIpc) is 2.40. The first-order chi connectivity index (χ1) is 8.81. The molecule has 0 unspecified atom stereocenters. The molecule has 0 saturated carbocycles. The molecule has 18 heavy (non-hydrogen) atoms. The molecule has 4 nitrogen and oxygen atoms in total. The Morgan fingerprint density at radius 3 is 3.06 bits per heavy atom. The first kappa shape index (κ1) is 11.3.